The Morgan fingerprint density at radius 2 is 1.78 bits per heavy atom. The second-order valence-corrected chi connectivity index (χ2v) is 4.08. The second-order valence-electron chi connectivity index (χ2n) is 3.69. The van der Waals surface area contributed by atoms with Gasteiger partial charge in [0.1, 0.15) is 10.9 Å². The van der Waals surface area contributed by atoms with Crippen molar-refractivity contribution in [1.29, 1.82) is 0 Å². The molecular formula is C13H13ClN2O2. The summed E-state index contributed by atoms with van der Waals surface area (Å²) in [6, 6.07) is 9.81. The summed E-state index contributed by atoms with van der Waals surface area (Å²) >= 11 is 5.89. The first-order valence-electron chi connectivity index (χ1n) is 5.41. The van der Waals surface area contributed by atoms with Crippen LogP contribution in [0.5, 0.6) is 11.8 Å². The maximum atomic E-state index is 5.89. The van der Waals surface area contributed by atoms with Crippen LogP contribution < -0.4 is 9.47 Å². The van der Waals surface area contributed by atoms with Crippen LogP contribution in [-0.2, 0) is 6.42 Å². The highest BCUT2D eigenvalue weighted by atomic mass is 35.5. The minimum absolute atomic E-state index is 0.283. The van der Waals surface area contributed by atoms with Crippen LogP contribution in [0.2, 0.25) is 5.15 Å². The zero-order valence-electron chi connectivity index (χ0n) is 10.2. The predicted octanol–water partition coefficient (Wildman–Crippen LogP) is 2.74. The summed E-state index contributed by atoms with van der Waals surface area (Å²) in [6.45, 7) is 0. The molecule has 1 aromatic heterocycles. The van der Waals surface area contributed by atoms with E-state index in [-0.39, 0.29) is 6.01 Å². The van der Waals surface area contributed by atoms with Gasteiger partial charge in [0, 0.05) is 6.42 Å². The summed E-state index contributed by atoms with van der Waals surface area (Å²) in [5.41, 5.74) is 1.93. The van der Waals surface area contributed by atoms with E-state index in [9.17, 15) is 0 Å². The van der Waals surface area contributed by atoms with Crippen LogP contribution in [0.4, 0.5) is 0 Å². The number of hydrogen-bond donors (Lipinski definition) is 0. The van der Waals surface area contributed by atoms with Crippen molar-refractivity contribution >= 4 is 11.6 Å². The third kappa shape index (κ3) is 3.11. The van der Waals surface area contributed by atoms with E-state index in [1.54, 1.807) is 13.2 Å². The first kappa shape index (κ1) is 12.6. The van der Waals surface area contributed by atoms with Crippen LogP contribution in [0.1, 0.15) is 11.3 Å². The van der Waals surface area contributed by atoms with Gasteiger partial charge in [-0.1, -0.05) is 23.7 Å². The van der Waals surface area contributed by atoms with Gasteiger partial charge in [0.15, 0.2) is 0 Å². The van der Waals surface area contributed by atoms with Crippen molar-refractivity contribution in [2.75, 3.05) is 14.2 Å². The number of methoxy groups -OCH3 is 2. The number of ether oxygens (including phenoxy) is 2. The molecule has 4 nitrogen and oxygen atoms in total. The number of aromatic nitrogens is 2. The summed E-state index contributed by atoms with van der Waals surface area (Å²) in [4.78, 5) is 8.17. The zero-order chi connectivity index (χ0) is 13.0. The lowest BCUT2D eigenvalue weighted by Gasteiger charge is -2.05. The molecule has 0 bridgehead atoms. The standard InChI is InChI=1S/C13H13ClN2O2/c1-17-11-5-3-9(4-6-11)7-10-8-12(14)16-13(15-10)18-2/h3-6,8H,7H2,1-2H3. The highest BCUT2D eigenvalue weighted by molar-refractivity contribution is 6.29. The molecule has 0 atom stereocenters. The maximum Gasteiger partial charge on any atom is 0.317 e. The Bertz CT molecular complexity index is 529. The quantitative estimate of drug-likeness (QED) is 0.797. The minimum Gasteiger partial charge on any atom is -0.497 e. The zero-order valence-corrected chi connectivity index (χ0v) is 10.9. The predicted molar refractivity (Wildman–Crippen MR) is 69.4 cm³/mol. The number of halogens is 1. The van der Waals surface area contributed by atoms with Crippen molar-refractivity contribution in [2.45, 2.75) is 6.42 Å². The Morgan fingerprint density at radius 3 is 2.39 bits per heavy atom. The third-order valence-electron chi connectivity index (χ3n) is 2.45. The lowest BCUT2D eigenvalue weighted by molar-refractivity contribution is 0.378. The molecule has 0 unspecified atom stereocenters. The molecular weight excluding hydrogens is 252 g/mol. The van der Waals surface area contributed by atoms with Crippen LogP contribution >= 0.6 is 11.6 Å². The summed E-state index contributed by atoms with van der Waals surface area (Å²) < 4.78 is 10.1. The fourth-order valence-electron chi connectivity index (χ4n) is 1.58. The van der Waals surface area contributed by atoms with E-state index in [1.165, 1.54) is 7.11 Å². The number of nitrogens with zero attached hydrogens (tertiary/aromatic N) is 2. The summed E-state index contributed by atoms with van der Waals surface area (Å²) in [6.07, 6.45) is 0.669. The molecule has 0 aliphatic rings. The van der Waals surface area contributed by atoms with Gasteiger partial charge in [-0.05, 0) is 23.8 Å². The molecule has 0 aliphatic carbocycles. The minimum atomic E-state index is 0.283. The molecule has 2 aromatic rings. The van der Waals surface area contributed by atoms with E-state index < -0.39 is 0 Å². The molecule has 0 fully saturated rings. The van der Waals surface area contributed by atoms with Crippen molar-refractivity contribution in [3.63, 3.8) is 0 Å². The molecule has 18 heavy (non-hydrogen) atoms. The first-order valence-corrected chi connectivity index (χ1v) is 5.79. The van der Waals surface area contributed by atoms with Crippen molar-refractivity contribution in [2.24, 2.45) is 0 Å². The van der Waals surface area contributed by atoms with Crippen molar-refractivity contribution in [3.8, 4) is 11.8 Å². The van der Waals surface area contributed by atoms with Gasteiger partial charge in [-0.2, -0.15) is 9.97 Å². The molecule has 0 N–H and O–H groups in total. The first-order chi connectivity index (χ1) is 8.71. The van der Waals surface area contributed by atoms with Crippen LogP contribution in [0.3, 0.4) is 0 Å². The molecule has 0 saturated heterocycles. The lowest BCUT2D eigenvalue weighted by atomic mass is 10.1. The van der Waals surface area contributed by atoms with E-state index in [2.05, 4.69) is 9.97 Å². The van der Waals surface area contributed by atoms with Gasteiger partial charge in [-0.3, -0.25) is 0 Å². The van der Waals surface area contributed by atoms with E-state index in [0.29, 0.717) is 11.6 Å². The van der Waals surface area contributed by atoms with Gasteiger partial charge in [-0.15, -0.1) is 0 Å². The van der Waals surface area contributed by atoms with Gasteiger partial charge < -0.3 is 9.47 Å². The molecule has 94 valence electrons. The van der Waals surface area contributed by atoms with Gasteiger partial charge in [0.25, 0.3) is 0 Å². The molecule has 0 spiro atoms. The molecule has 2 rings (SSSR count). The third-order valence-corrected chi connectivity index (χ3v) is 2.65. The number of rotatable bonds is 4. The Kier molecular flexibility index (Phi) is 3.99. The van der Waals surface area contributed by atoms with E-state index >= 15 is 0 Å². The van der Waals surface area contributed by atoms with Gasteiger partial charge in [-0.25, -0.2) is 0 Å². The molecule has 0 aliphatic heterocycles. The number of benzene rings is 1. The normalized spacial score (nSPS) is 10.2. The van der Waals surface area contributed by atoms with Crippen LogP contribution in [0.15, 0.2) is 30.3 Å². The van der Waals surface area contributed by atoms with Crippen LogP contribution in [-0.4, -0.2) is 24.2 Å². The lowest BCUT2D eigenvalue weighted by Crippen LogP contribution is -1.98. The Labute approximate surface area is 111 Å². The molecule has 0 saturated carbocycles. The van der Waals surface area contributed by atoms with E-state index in [0.717, 1.165) is 17.0 Å². The highest BCUT2D eigenvalue weighted by Crippen LogP contribution is 2.17. The van der Waals surface area contributed by atoms with E-state index in [4.69, 9.17) is 21.1 Å². The number of hydrogen-bond acceptors (Lipinski definition) is 4. The molecule has 1 heterocycles. The molecule has 5 heteroatoms. The average Bonchev–Trinajstić information content (AvgIpc) is 2.39. The molecule has 0 radical (unpaired) electrons. The summed E-state index contributed by atoms with van der Waals surface area (Å²) in [7, 11) is 3.16. The Hall–Kier alpha value is -1.81. The van der Waals surface area contributed by atoms with Crippen molar-refractivity contribution in [3.05, 3.63) is 46.7 Å². The SMILES string of the molecule is COc1ccc(Cc2cc(Cl)nc(OC)n2)cc1. The monoisotopic (exact) mass is 264 g/mol. The molecule has 1 aromatic carbocycles. The Morgan fingerprint density at radius 1 is 1.06 bits per heavy atom. The van der Waals surface area contributed by atoms with Gasteiger partial charge in [0.2, 0.25) is 0 Å². The van der Waals surface area contributed by atoms with Crippen molar-refractivity contribution < 1.29 is 9.47 Å². The summed E-state index contributed by atoms with van der Waals surface area (Å²) in [5, 5.41) is 0.380. The van der Waals surface area contributed by atoms with E-state index in [1.807, 2.05) is 24.3 Å². The van der Waals surface area contributed by atoms with Crippen LogP contribution in [0.25, 0.3) is 0 Å². The fourth-order valence-corrected chi connectivity index (χ4v) is 1.77. The average molecular weight is 265 g/mol. The Balaban J connectivity index is 2.19. The molecule has 0 amide bonds. The second kappa shape index (κ2) is 5.69. The fraction of sp³-hybridized carbons (Fsp3) is 0.231. The van der Waals surface area contributed by atoms with Gasteiger partial charge in [0.05, 0.1) is 19.9 Å². The van der Waals surface area contributed by atoms with Crippen LogP contribution in [0, 0.1) is 0 Å². The topological polar surface area (TPSA) is 44.2 Å². The highest BCUT2D eigenvalue weighted by Gasteiger charge is 2.04. The van der Waals surface area contributed by atoms with Gasteiger partial charge >= 0.3 is 6.01 Å². The largest absolute Gasteiger partial charge is 0.497 e. The van der Waals surface area contributed by atoms with Crippen molar-refractivity contribution in [1.82, 2.24) is 9.97 Å². The maximum absolute atomic E-state index is 5.89. The summed E-state index contributed by atoms with van der Waals surface area (Å²) in [5.74, 6) is 0.831. The smallest absolute Gasteiger partial charge is 0.317 e.